The average Bonchev–Trinajstić information content (AvgIpc) is 2.71. The Morgan fingerprint density at radius 1 is 1.19 bits per heavy atom. The van der Waals surface area contributed by atoms with E-state index >= 15 is 0 Å². The number of rotatable bonds is 3. The Morgan fingerprint density at radius 2 is 1.90 bits per heavy atom. The molecule has 2 saturated heterocycles. The fourth-order valence-electron chi connectivity index (χ4n) is 3.42. The van der Waals surface area contributed by atoms with Crippen LogP contribution < -0.4 is 5.32 Å². The summed E-state index contributed by atoms with van der Waals surface area (Å²) in [6.45, 7) is 2.01. The summed E-state index contributed by atoms with van der Waals surface area (Å²) < 4.78 is 0. The lowest BCUT2D eigenvalue weighted by Gasteiger charge is -2.28. The maximum atomic E-state index is 12.5. The molecular formula is C16H22Cl2N2O. The van der Waals surface area contributed by atoms with Crippen LogP contribution in [0.5, 0.6) is 0 Å². The molecule has 2 atom stereocenters. The Balaban J connectivity index is 0.00000161. The normalized spacial score (nSPS) is 24.3. The second kappa shape index (κ2) is 7.48. The molecule has 1 aromatic carbocycles. The Hall–Kier alpha value is -0.770. The Labute approximate surface area is 137 Å². The van der Waals surface area contributed by atoms with Crippen LogP contribution in [-0.2, 0) is 11.2 Å². The average molecular weight is 329 g/mol. The number of carbonyl (C=O) groups excluding carboxylic acids is 1. The third kappa shape index (κ3) is 3.91. The zero-order valence-electron chi connectivity index (χ0n) is 12.1. The Bertz CT molecular complexity index is 464. The first-order valence-corrected chi connectivity index (χ1v) is 7.88. The van der Waals surface area contributed by atoms with Gasteiger partial charge in [0.15, 0.2) is 0 Å². The van der Waals surface area contributed by atoms with Crippen LogP contribution in [0.15, 0.2) is 24.3 Å². The van der Waals surface area contributed by atoms with Gasteiger partial charge in [-0.2, -0.15) is 0 Å². The molecule has 0 aliphatic carbocycles. The summed E-state index contributed by atoms with van der Waals surface area (Å²) in [6.07, 6.45) is 4.85. The standard InChI is InChI=1S/C16H21ClN2O.ClH/c17-13-4-1-12(2-5-13)3-8-16(20)19-14-6-7-15(19)11-18-10-9-14;/h1-2,4-5,14-15,18H,3,6-11H2;1H. The molecule has 0 spiro atoms. The van der Waals surface area contributed by atoms with Crippen molar-refractivity contribution in [2.45, 2.75) is 44.2 Å². The molecule has 2 aliphatic rings. The number of hydrogen-bond donors (Lipinski definition) is 1. The van der Waals surface area contributed by atoms with Crippen LogP contribution in [0.1, 0.15) is 31.2 Å². The fourth-order valence-corrected chi connectivity index (χ4v) is 3.55. The van der Waals surface area contributed by atoms with Gasteiger partial charge in [0.25, 0.3) is 0 Å². The number of carbonyl (C=O) groups is 1. The molecule has 3 rings (SSSR count). The van der Waals surface area contributed by atoms with E-state index in [-0.39, 0.29) is 12.4 Å². The minimum Gasteiger partial charge on any atom is -0.335 e. The molecule has 1 amide bonds. The predicted octanol–water partition coefficient (Wildman–Crippen LogP) is 3.05. The molecule has 116 valence electrons. The second-order valence-corrected chi connectivity index (χ2v) is 6.24. The van der Waals surface area contributed by atoms with Crippen molar-refractivity contribution in [2.24, 2.45) is 0 Å². The zero-order chi connectivity index (χ0) is 13.9. The number of nitrogens with one attached hydrogen (secondary N) is 1. The van der Waals surface area contributed by atoms with Crippen LogP contribution in [0.4, 0.5) is 0 Å². The van der Waals surface area contributed by atoms with E-state index in [9.17, 15) is 4.79 Å². The maximum Gasteiger partial charge on any atom is 0.223 e. The van der Waals surface area contributed by atoms with Gasteiger partial charge in [0.2, 0.25) is 5.91 Å². The van der Waals surface area contributed by atoms with E-state index in [0.29, 0.717) is 24.4 Å². The molecule has 1 aromatic rings. The highest BCUT2D eigenvalue weighted by Crippen LogP contribution is 2.28. The van der Waals surface area contributed by atoms with Crippen molar-refractivity contribution in [3.8, 4) is 0 Å². The van der Waals surface area contributed by atoms with E-state index in [2.05, 4.69) is 10.2 Å². The number of benzene rings is 1. The molecule has 2 fully saturated rings. The van der Waals surface area contributed by atoms with Crippen molar-refractivity contribution in [1.29, 1.82) is 0 Å². The Morgan fingerprint density at radius 3 is 2.67 bits per heavy atom. The van der Waals surface area contributed by atoms with Crippen LogP contribution in [0, 0.1) is 0 Å². The molecule has 2 unspecified atom stereocenters. The smallest absolute Gasteiger partial charge is 0.223 e. The van der Waals surface area contributed by atoms with E-state index in [1.54, 1.807) is 0 Å². The minimum absolute atomic E-state index is 0. The lowest BCUT2D eigenvalue weighted by molar-refractivity contribution is -0.133. The largest absolute Gasteiger partial charge is 0.335 e. The highest BCUT2D eigenvalue weighted by atomic mass is 35.5. The van der Waals surface area contributed by atoms with Crippen molar-refractivity contribution in [3.05, 3.63) is 34.9 Å². The molecule has 0 aromatic heterocycles. The monoisotopic (exact) mass is 328 g/mol. The summed E-state index contributed by atoms with van der Waals surface area (Å²) in [5, 5.41) is 4.18. The summed E-state index contributed by atoms with van der Waals surface area (Å²) in [5.74, 6) is 0.316. The number of hydrogen-bond acceptors (Lipinski definition) is 2. The lowest BCUT2D eigenvalue weighted by atomic mass is 10.1. The molecule has 3 nitrogen and oxygen atoms in total. The van der Waals surface area contributed by atoms with Gasteiger partial charge in [0, 0.05) is 30.1 Å². The summed E-state index contributed by atoms with van der Waals surface area (Å²) in [4.78, 5) is 14.7. The topological polar surface area (TPSA) is 32.3 Å². The third-order valence-electron chi connectivity index (χ3n) is 4.48. The van der Waals surface area contributed by atoms with Crippen molar-refractivity contribution in [1.82, 2.24) is 10.2 Å². The van der Waals surface area contributed by atoms with Gasteiger partial charge in [0.1, 0.15) is 0 Å². The van der Waals surface area contributed by atoms with Gasteiger partial charge in [-0.1, -0.05) is 23.7 Å². The summed E-state index contributed by atoms with van der Waals surface area (Å²) in [7, 11) is 0. The maximum absolute atomic E-state index is 12.5. The van der Waals surface area contributed by atoms with Crippen molar-refractivity contribution >= 4 is 29.9 Å². The van der Waals surface area contributed by atoms with Crippen LogP contribution in [0.25, 0.3) is 0 Å². The van der Waals surface area contributed by atoms with Gasteiger partial charge in [-0.3, -0.25) is 4.79 Å². The first-order chi connectivity index (χ1) is 9.74. The van der Waals surface area contributed by atoms with Crippen molar-refractivity contribution < 1.29 is 4.79 Å². The number of aryl methyl sites for hydroxylation is 1. The zero-order valence-corrected chi connectivity index (χ0v) is 13.6. The molecular weight excluding hydrogens is 307 g/mol. The highest BCUT2D eigenvalue weighted by Gasteiger charge is 2.37. The van der Waals surface area contributed by atoms with E-state index in [1.807, 2.05) is 24.3 Å². The number of halogens is 2. The molecule has 0 saturated carbocycles. The van der Waals surface area contributed by atoms with Crippen LogP contribution >= 0.6 is 24.0 Å². The van der Waals surface area contributed by atoms with E-state index in [1.165, 1.54) is 12.0 Å². The number of amides is 1. The quantitative estimate of drug-likeness (QED) is 0.924. The molecule has 0 radical (unpaired) electrons. The van der Waals surface area contributed by atoms with Crippen molar-refractivity contribution in [2.75, 3.05) is 13.1 Å². The van der Waals surface area contributed by atoms with Gasteiger partial charge in [0.05, 0.1) is 0 Å². The molecule has 21 heavy (non-hydrogen) atoms. The van der Waals surface area contributed by atoms with E-state index in [4.69, 9.17) is 11.6 Å². The van der Waals surface area contributed by atoms with Gasteiger partial charge in [-0.25, -0.2) is 0 Å². The summed E-state index contributed by atoms with van der Waals surface area (Å²) in [6, 6.07) is 8.68. The SMILES string of the molecule is Cl.O=C(CCc1ccc(Cl)cc1)N1C2CCNCC1CC2. The van der Waals surface area contributed by atoms with Gasteiger partial charge >= 0.3 is 0 Å². The summed E-state index contributed by atoms with van der Waals surface area (Å²) >= 11 is 5.88. The lowest BCUT2D eigenvalue weighted by Crippen LogP contribution is -2.42. The first-order valence-electron chi connectivity index (χ1n) is 7.50. The van der Waals surface area contributed by atoms with Gasteiger partial charge in [-0.05, 0) is 49.9 Å². The van der Waals surface area contributed by atoms with Gasteiger partial charge in [-0.15, -0.1) is 12.4 Å². The Kier molecular flexibility index (Phi) is 5.91. The third-order valence-corrected chi connectivity index (χ3v) is 4.73. The molecule has 1 N–H and O–H groups in total. The van der Waals surface area contributed by atoms with Gasteiger partial charge < -0.3 is 10.2 Å². The minimum atomic E-state index is 0. The molecule has 2 bridgehead atoms. The van der Waals surface area contributed by atoms with Crippen LogP contribution in [0.2, 0.25) is 5.02 Å². The second-order valence-electron chi connectivity index (χ2n) is 5.81. The molecule has 5 heteroatoms. The highest BCUT2D eigenvalue weighted by molar-refractivity contribution is 6.30. The van der Waals surface area contributed by atoms with E-state index < -0.39 is 0 Å². The summed E-state index contributed by atoms with van der Waals surface area (Å²) in [5.41, 5.74) is 1.18. The molecule has 2 heterocycles. The van der Waals surface area contributed by atoms with Crippen molar-refractivity contribution in [3.63, 3.8) is 0 Å². The first kappa shape index (κ1) is 16.6. The van der Waals surface area contributed by atoms with Crippen LogP contribution in [-0.4, -0.2) is 36.0 Å². The number of nitrogens with zero attached hydrogens (tertiary/aromatic N) is 1. The van der Waals surface area contributed by atoms with E-state index in [0.717, 1.165) is 37.4 Å². The fraction of sp³-hybridized carbons (Fsp3) is 0.562. The van der Waals surface area contributed by atoms with Crippen LogP contribution in [0.3, 0.4) is 0 Å². The predicted molar refractivity (Wildman–Crippen MR) is 88.2 cm³/mol. The molecule has 2 aliphatic heterocycles. The number of fused-ring (bicyclic) bond motifs is 2.